The van der Waals surface area contributed by atoms with Gasteiger partial charge in [0.05, 0.1) is 22.7 Å². The Hall–Kier alpha value is -0.680. The molecule has 1 unspecified atom stereocenters. The Morgan fingerprint density at radius 3 is 2.87 bits per heavy atom. The Balaban J connectivity index is 2.37. The van der Waals surface area contributed by atoms with Crippen molar-refractivity contribution in [3.05, 3.63) is 23.0 Å². The summed E-state index contributed by atoms with van der Waals surface area (Å²) in [5, 5.41) is 7.44. The maximum atomic E-state index is 11.8. The molecule has 4 nitrogen and oxygen atoms in total. The molecular weight excluding hydrogens is 236 g/mol. The zero-order valence-electron chi connectivity index (χ0n) is 8.06. The van der Waals surface area contributed by atoms with Gasteiger partial charge in [0.1, 0.15) is 5.25 Å². The average molecular weight is 247 g/mol. The van der Waals surface area contributed by atoms with Crippen molar-refractivity contribution in [1.82, 2.24) is 10.2 Å². The van der Waals surface area contributed by atoms with Crippen molar-refractivity contribution >= 4 is 21.4 Å². The Bertz CT molecular complexity index is 461. The second-order valence-electron chi connectivity index (χ2n) is 3.65. The van der Waals surface area contributed by atoms with Gasteiger partial charge in [-0.05, 0) is 18.9 Å². The minimum atomic E-state index is -3.05. The number of aromatic nitrogens is 2. The first-order chi connectivity index (χ1) is 7.09. The molecular formula is C9H11ClN2O2S. The highest BCUT2D eigenvalue weighted by molar-refractivity contribution is 7.91. The molecule has 0 amide bonds. The van der Waals surface area contributed by atoms with Gasteiger partial charge < -0.3 is 0 Å². The monoisotopic (exact) mass is 246 g/mol. The molecule has 1 aromatic heterocycles. The van der Waals surface area contributed by atoms with Crippen molar-refractivity contribution in [2.24, 2.45) is 0 Å². The summed E-state index contributed by atoms with van der Waals surface area (Å²) in [4.78, 5) is 0. The van der Waals surface area contributed by atoms with E-state index in [9.17, 15) is 8.42 Å². The maximum absolute atomic E-state index is 11.8. The lowest BCUT2D eigenvalue weighted by molar-refractivity contribution is 0.541. The molecule has 0 N–H and O–H groups in total. The van der Waals surface area contributed by atoms with Gasteiger partial charge in [0.2, 0.25) is 0 Å². The van der Waals surface area contributed by atoms with Crippen LogP contribution in [0.15, 0.2) is 12.3 Å². The van der Waals surface area contributed by atoms with E-state index in [0.29, 0.717) is 17.1 Å². The molecule has 1 aromatic rings. The number of rotatable bonds is 1. The van der Waals surface area contributed by atoms with Crippen molar-refractivity contribution < 1.29 is 8.42 Å². The Morgan fingerprint density at radius 1 is 1.40 bits per heavy atom. The Kier molecular flexibility index (Phi) is 2.93. The highest BCUT2D eigenvalue weighted by atomic mass is 35.5. The zero-order valence-corrected chi connectivity index (χ0v) is 9.63. The summed E-state index contributed by atoms with van der Waals surface area (Å²) in [5.41, 5.74) is 0.474. The normalized spacial score (nSPS) is 25.0. The van der Waals surface area contributed by atoms with E-state index >= 15 is 0 Å². The van der Waals surface area contributed by atoms with Gasteiger partial charge in [-0.25, -0.2) is 8.42 Å². The smallest absolute Gasteiger partial charge is 0.158 e. The molecule has 0 aliphatic carbocycles. The topological polar surface area (TPSA) is 59.9 Å². The van der Waals surface area contributed by atoms with Gasteiger partial charge in [0.15, 0.2) is 9.84 Å². The van der Waals surface area contributed by atoms with Crippen molar-refractivity contribution in [3.63, 3.8) is 0 Å². The van der Waals surface area contributed by atoms with Crippen molar-refractivity contribution in [2.45, 2.75) is 24.5 Å². The van der Waals surface area contributed by atoms with Crippen LogP contribution >= 0.6 is 11.6 Å². The third-order valence-electron chi connectivity index (χ3n) is 2.55. The first-order valence-corrected chi connectivity index (χ1v) is 6.88. The molecule has 0 bridgehead atoms. The van der Waals surface area contributed by atoms with Crippen LogP contribution in [0.25, 0.3) is 0 Å². The molecule has 0 saturated carbocycles. The minimum absolute atomic E-state index is 0.242. The third kappa shape index (κ3) is 2.29. The number of hydrogen-bond donors (Lipinski definition) is 0. The number of sulfone groups is 1. The minimum Gasteiger partial charge on any atom is -0.228 e. The maximum Gasteiger partial charge on any atom is 0.158 e. The summed E-state index contributed by atoms with van der Waals surface area (Å²) in [5.74, 6) is 0.242. The zero-order chi connectivity index (χ0) is 10.9. The molecule has 0 radical (unpaired) electrons. The van der Waals surface area contributed by atoms with Crippen LogP contribution in [0.3, 0.4) is 0 Å². The fourth-order valence-electron chi connectivity index (χ4n) is 1.80. The number of hydrogen-bond acceptors (Lipinski definition) is 4. The van der Waals surface area contributed by atoms with Crippen molar-refractivity contribution in [3.8, 4) is 0 Å². The molecule has 2 heterocycles. The van der Waals surface area contributed by atoms with Crippen LogP contribution in [-0.2, 0) is 9.84 Å². The fourth-order valence-corrected chi connectivity index (χ4v) is 3.86. The summed E-state index contributed by atoms with van der Waals surface area (Å²) in [6.07, 6.45) is 3.68. The Morgan fingerprint density at radius 2 is 2.20 bits per heavy atom. The van der Waals surface area contributed by atoms with Crippen LogP contribution < -0.4 is 0 Å². The average Bonchev–Trinajstić information content (AvgIpc) is 2.17. The largest absolute Gasteiger partial charge is 0.228 e. The van der Waals surface area contributed by atoms with Gasteiger partial charge in [-0.1, -0.05) is 18.0 Å². The first-order valence-electron chi connectivity index (χ1n) is 4.79. The Labute approximate surface area is 93.6 Å². The highest BCUT2D eigenvalue weighted by Gasteiger charge is 2.31. The molecule has 6 heteroatoms. The summed E-state index contributed by atoms with van der Waals surface area (Å²) in [7, 11) is -3.05. The van der Waals surface area contributed by atoms with E-state index in [-0.39, 0.29) is 5.75 Å². The van der Waals surface area contributed by atoms with Crippen LogP contribution in [0.2, 0.25) is 5.02 Å². The van der Waals surface area contributed by atoms with Gasteiger partial charge in [0, 0.05) is 0 Å². The molecule has 0 spiro atoms. The lowest BCUT2D eigenvalue weighted by Crippen LogP contribution is -2.22. The van der Waals surface area contributed by atoms with Gasteiger partial charge in [-0.3, -0.25) is 0 Å². The van der Waals surface area contributed by atoms with E-state index in [2.05, 4.69) is 10.2 Å². The summed E-state index contributed by atoms with van der Waals surface area (Å²) in [6.45, 7) is 0. The van der Waals surface area contributed by atoms with E-state index in [4.69, 9.17) is 11.6 Å². The third-order valence-corrected chi connectivity index (χ3v) is 4.96. The number of halogens is 1. The standard InChI is InChI=1S/C9H11ClN2O2S/c10-7-5-8(12-11-6-7)9-3-1-2-4-15(9,13)14/h5-6,9H,1-4H2. The SMILES string of the molecule is O=S1(=O)CCCCC1c1cc(Cl)cnn1. The van der Waals surface area contributed by atoms with E-state index in [1.54, 1.807) is 6.07 Å². The van der Waals surface area contributed by atoms with E-state index in [0.717, 1.165) is 12.8 Å². The molecule has 1 atom stereocenters. The second-order valence-corrected chi connectivity index (χ2v) is 6.39. The second kappa shape index (κ2) is 4.06. The molecule has 1 aliphatic rings. The molecule has 2 rings (SSSR count). The van der Waals surface area contributed by atoms with Gasteiger partial charge >= 0.3 is 0 Å². The molecule has 1 aliphatic heterocycles. The van der Waals surface area contributed by atoms with Gasteiger partial charge in [0.25, 0.3) is 0 Å². The molecule has 1 saturated heterocycles. The summed E-state index contributed by atoms with van der Waals surface area (Å²) in [6, 6.07) is 1.59. The van der Waals surface area contributed by atoms with Gasteiger partial charge in [-0.2, -0.15) is 10.2 Å². The molecule has 0 aromatic carbocycles. The van der Waals surface area contributed by atoms with Crippen molar-refractivity contribution in [1.29, 1.82) is 0 Å². The molecule has 1 fully saturated rings. The summed E-state index contributed by atoms with van der Waals surface area (Å²) < 4.78 is 23.6. The van der Waals surface area contributed by atoms with Crippen LogP contribution in [0.5, 0.6) is 0 Å². The lowest BCUT2D eigenvalue weighted by atomic mass is 10.1. The van der Waals surface area contributed by atoms with Crippen LogP contribution in [0.4, 0.5) is 0 Å². The van der Waals surface area contributed by atoms with E-state index in [1.165, 1.54) is 6.20 Å². The van der Waals surface area contributed by atoms with Crippen LogP contribution in [-0.4, -0.2) is 24.4 Å². The van der Waals surface area contributed by atoms with Crippen LogP contribution in [0, 0.1) is 0 Å². The number of nitrogens with zero attached hydrogens (tertiary/aromatic N) is 2. The van der Waals surface area contributed by atoms with Crippen LogP contribution in [0.1, 0.15) is 30.2 Å². The predicted molar refractivity (Wildman–Crippen MR) is 57.4 cm³/mol. The lowest BCUT2D eigenvalue weighted by Gasteiger charge is -2.21. The summed E-state index contributed by atoms with van der Waals surface area (Å²) >= 11 is 5.76. The molecule has 15 heavy (non-hydrogen) atoms. The van der Waals surface area contributed by atoms with E-state index in [1.807, 2.05) is 0 Å². The van der Waals surface area contributed by atoms with Crippen molar-refractivity contribution in [2.75, 3.05) is 5.75 Å². The quantitative estimate of drug-likeness (QED) is 0.758. The highest BCUT2D eigenvalue weighted by Crippen LogP contribution is 2.32. The predicted octanol–water partition coefficient (Wildman–Crippen LogP) is 1.77. The fraction of sp³-hybridized carbons (Fsp3) is 0.556. The van der Waals surface area contributed by atoms with Gasteiger partial charge in [-0.15, -0.1) is 0 Å². The first kappa shape index (κ1) is 10.8. The van der Waals surface area contributed by atoms with E-state index < -0.39 is 15.1 Å². The molecule has 82 valence electrons.